The Hall–Kier alpha value is -0.0800. The molecule has 2 heteroatoms. The first kappa shape index (κ1) is 12.9. The predicted octanol–water partition coefficient (Wildman–Crippen LogP) is 2.62. The highest BCUT2D eigenvalue weighted by molar-refractivity contribution is 4.68. The first-order valence-electron chi connectivity index (χ1n) is 5.61. The van der Waals surface area contributed by atoms with Crippen molar-refractivity contribution in [3.05, 3.63) is 0 Å². The van der Waals surface area contributed by atoms with Gasteiger partial charge in [0.05, 0.1) is 0 Å². The molecule has 0 amide bonds. The van der Waals surface area contributed by atoms with E-state index in [2.05, 4.69) is 32.6 Å². The topological polar surface area (TPSA) is 23.5 Å². The van der Waals surface area contributed by atoms with Crippen LogP contribution in [0.4, 0.5) is 0 Å². The molecule has 0 aliphatic rings. The van der Waals surface area contributed by atoms with Crippen molar-refractivity contribution in [3.8, 4) is 0 Å². The fourth-order valence-electron chi connectivity index (χ4n) is 1.82. The minimum atomic E-state index is -0.239. The van der Waals surface area contributed by atoms with Crippen LogP contribution in [0.3, 0.4) is 0 Å². The van der Waals surface area contributed by atoms with Crippen LogP contribution in [-0.4, -0.2) is 28.8 Å². The number of hydrogen-bond acceptors (Lipinski definition) is 2. The number of aliphatic hydroxyl groups is 1. The van der Waals surface area contributed by atoms with Crippen LogP contribution in [-0.2, 0) is 0 Å². The molecule has 2 unspecified atom stereocenters. The van der Waals surface area contributed by atoms with Crippen molar-refractivity contribution in [1.82, 2.24) is 4.90 Å². The minimum absolute atomic E-state index is 0.239. The van der Waals surface area contributed by atoms with Crippen molar-refractivity contribution in [2.45, 2.75) is 65.6 Å². The van der Waals surface area contributed by atoms with E-state index >= 15 is 0 Å². The SMILES string of the molecule is CCCC(C)N(CC)C(O)CCC. The van der Waals surface area contributed by atoms with Crippen LogP contribution in [0.1, 0.15) is 53.4 Å². The number of aliphatic hydroxyl groups excluding tert-OH is 1. The number of rotatable bonds is 7. The van der Waals surface area contributed by atoms with Gasteiger partial charge in [0.1, 0.15) is 6.23 Å². The fourth-order valence-corrected chi connectivity index (χ4v) is 1.82. The van der Waals surface area contributed by atoms with Gasteiger partial charge in [-0.1, -0.05) is 33.6 Å². The quantitative estimate of drug-likeness (QED) is 0.619. The number of hydrogen-bond donors (Lipinski definition) is 1. The molecule has 0 heterocycles. The van der Waals surface area contributed by atoms with E-state index in [4.69, 9.17) is 0 Å². The molecule has 0 saturated heterocycles. The normalized spacial score (nSPS) is 16.2. The molecule has 0 bridgehead atoms. The van der Waals surface area contributed by atoms with Gasteiger partial charge in [-0.2, -0.15) is 0 Å². The van der Waals surface area contributed by atoms with Crippen molar-refractivity contribution >= 4 is 0 Å². The van der Waals surface area contributed by atoms with Gasteiger partial charge in [0.2, 0.25) is 0 Å². The van der Waals surface area contributed by atoms with Gasteiger partial charge >= 0.3 is 0 Å². The van der Waals surface area contributed by atoms with E-state index in [9.17, 15) is 5.11 Å². The zero-order valence-corrected chi connectivity index (χ0v) is 9.58. The maximum absolute atomic E-state index is 9.83. The molecule has 0 rings (SSSR count). The molecule has 0 saturated carbocycles. The van der Waals surface area contributed by atoms with E-state index in [0.717, 1.165) is 19.4 Å². The summed E-state index contributed by atoms with van der Waals surface area (Å²) in [6, 6.07) is 0.511. The van der Waals surface area contributed by atoms with Gasteiger partial charge in [-0.15, -0.1) is 0 Å². The van der Waals surface area contributed by atoms with Crippen molar-refractivity contribution in [3.63, 3.8) is 0 Å². The van der Waals surface area contributed by atoms with Gasteiger partial charge in [0.15, 0.2) is 0 Å². The molecule has 0 aliphatic carbocycles. The smallest absolute Gasteiger partial charge is 0.107 e. The molecule has 2 nitrogen and oxygen atoms in total. The molecular weight excluding hydrogens is 162 g/mol. The lowest BCUT2D eigenvalue weighted by molar-refractivity contribution is -0.0250. The van der Waals surface area contributed by atoms with Crippen molar-refractivity contribution in [2.75, 3.05) is 6.54 Å². The summed E-state index contributed by atoms with van der Waals surface area (Å²) < 4.78 is 0. The third-order valence-corrected chi connectivity index (χ3v) is 2.57. The van der Waals surface area contributed by atoms with E-state index in [1.54, 1.807) is 0 Å². The van der Waals surface area contributed by atoms with E-state index in [1.807, 2.05) is 0 Å². The summed E-state index contributed by atoms with van der Waals surface area (Å²) in [5.41, 5.74) is 0. The Morgan fingerprint density at radius 1 is 1.08 bits per heavy atom. The van der Waals surface area contributed by atoms with Gasteiger partial charge < -0.3 is 5.11 Å². The molecule has 0 aliphatic heterocycles. The zero-order valence-electron chi connectivity index (χ0n) is 9.58. The summed E-state index contributed by atoms with van der Waals surface area (Å²) in [4.78, 5) is 2.19. The van der Waals surface area contributed by atoms with E-state index in [0.29, 0.717) is 6.04 Å². The average molecular weight is 187 g/mol. The van der Waals surface area contributed by atoms with Crippen molar-refractivity contribution < 1.29 is 5.11 Å². The summed E-state index contributed by atoms with van der Waals surface area (Å²) in [5.74, 6) is 0. The van der Waals surface area contributed by atoms with Crippen molar-refractivity contribution in [2.24, 2.45) is 0 Å². The van der Waals surface area contributed by atoms with Crippen LogP contribution in [0, 0.1) is 0 Å². The highest BCUT2D eigenvalue weighted by atomic mass is 16.3. The lowest BCUT2D eigenvalue weighted by Crippen LogP contribution is -2.41. The summed E-state index contributed by atoms with van der Waals surface area (Å²) in [5, 5.41) is 9.83. The van der Waals surface area contributed by atoms with E-state index in [1.165, 1.54) is 12.8 Å². The lowest BCUT2D eigenvalue weighted by atomic mass is 10.1. The van der Waals surface area contributed by atoms with Gasteiger partial charge in [-0.3, -0.25) is 4.90 Å². The summed E-state index contributed by atoms with van der Waals surface area (Å²) in [6.07, 6.45) is 4.07. The maximum Gasteiger partial charge on any atom is 0.107 e. The molecule has 0 aromatic heterocycles. The van der Waals surface area contributed by atoms with Crippen LogP contribution >= 0.6 is 0 Å². The highest BCUT2D eigenvalue weighted by Crippen LogP contribution is 2.12. The van der Waals surface area contributed by atoms with Crippen LogP contribution in [0.25, 0.3) is 0 Å². The lowest BCUT2D eigenvalue weighted by Gasteiger charge is -2.32. The minimum Gasteiger partial charge on any atom is -0.378 e. The second kappa shape index (κ2) is 7.34. The highest BCUT2D eigenvalue weighted by Gasteiger charge is 2.17. The summed E-state index contributed by atoms with van der Waals surface area (Å²) >= 11 is 0. The second-order valence-electron chi connectivity index (χ2n) is 3.74. The maximum atomic E-state index is 9.83. The summed E-state index contributed by atoms with van der Waals surface area (Å²) in [6.45, 7) is 9.57. The first-order chi connectivity index (χ1) is 6.17. The van der Waals surface area contributed by atoms with Gasteiger partial charge in [0, 0.05) is 6.04 Å². The van der Waals surface area contributed by atoms with Crippen LogP contribution in [0.2, 0.25) is 0 Å². The molecule has 13 heavy (non-hydrogen) atoms. The van der Waals surface area contributed by atoms with Crippen molar-refractivity contribution in [1.29, 1.82) is 0 Å². The van der Waals surface area contributed by atoms with Crippen LogP contribution in [0.15, 0.2) is 0 Å². The standard InChI is InChI=1S/C11H25NO/c1-5-8-10(4)12(7-3)11(13)9-6-2/h10-11,13H,5-9H2,1-4H3. The zero-order chi connectivity index (χ0) is 10.3. The Morgan fingerprint density at radius 2 is 1.62 bits per heavy atom. The predicted molar refractivity (Wildman–Crippen MR) is 57.7 cm³/mol. The molecule has 80 valence electrons. The first-order valence-corrected chi connectivity index (χ1v) is 5.61. The van der Waals surface area contributed by atoms with Gasteiger partial charge in [0.25, 0.3) is 0 Å². The van der Waals surface area contributed by atoms with E-state index in [-0.39, 0.29) is 6.23 Å². The van der Waals surface area contributed by atoms with E-state index < -0.39 is 0 Å². The Bertz CT molecular complexity index is 105. The monoisotopic (exact) mass is 187 g/mol. The molecule has 0 spiro atoms. The molecule has 0 radical (unpaired) electrons. The molecule has 0 aromatic rings. The van der Waals surface area contributed by atoms with Gasteiger partial charge in [-0.25, -0.2) is 0 Å². The molecule has 0 fully saturated rings. The largest absolute Gasteiger partial charge is 0.378 e. The third kappa shape index (κ3) is 4.63. The fraction of sp³-hybridized carbons (Fsp3) is 1.00. The summed E-state index contributed by atoms with van der Waals surface area (Å²) in [7, 11) is 0. The molecule has 2 atom stereocenters. The Labute approximate surface area is 82.9 Å². The van der Waals surface area contributed by atoms with Crippen LogP contribution < -0.4 is 0 Å². The second-order valence-corrected chi connectivity index (χ2v) is 3.74. The van der Waals surface area contributed by atoms with Crippen LogP contribution in [0.5, 0.6) is 0 Å². The Balaban J connectivity index is 3.98. The molecule has 1 N–H and O–H groups in total. The molecule has 0 aromatic carbocycles. The molecular formula is C11H25NO. The third-order valence-electron chi connectivity index (χ3n) is 2.57. The van der Waals surface area contributed by atoms with Gasteiger partial charge in [-0.05, 0) is 26.3 Å². The Morgan fingerprint density at radius 3 is 2.00 bits per heavy atom. The number of nitrogens with zero attached hydrogens (tertiary/aromatic N) is 1. The average Bonchev–Trinajstić information content (AvgIpc) is 2.06. The Kier molecular flexibility index (Phi) is 7.29.